The SMILES string of the molecule is C[C@H]1OCCN[C@@H]1C(=O)NCc1cc(Cl)c2c(c1)OCCCO2. The minimum atomic E-state index is -0.334. The summed E-state index contributed by atoms with van der Waals surface area (Å²) in [5.41, 5.74) is 0.872. The number of ether oxygens (including phenoxy) is 3. The van der Waals surface area contributed by atoms with Crippen LogP contribution in [0.5, 0.6) is 11.5 Å². The van der Waals surface area contributed by atoms with E-state index in [4.69, 9.17) is 25.8 Å². The second-order valence-corrected chi connectivity index (χ2v) is 6.09. The predicted octanol–water partition coefficient (Wildman–Crippen LogP) is 1.49. The summed E-state index contributed by atoms with van der Waals surface area (Å²) < 4.78 is 16.7. The van der Waals surface area contributed by atoms with Crippen LogP contribution in [0.3, 0.4) is 0 Å². The van der Waals surface area contributed by atoms with Crippen LogP contribution in [0.1, 0.15) is 18.9 Å². The summed E-state index contributed by atoms with van der Waals surface area (Å²) in [5, 5.41) is 6.58. The predicted molar refractivity (Wildman–Crippen MR) is 86.1 cm³/mol. The van der Waals surface area contributed by atoms with E-state index in [0.29, 0.717) is 49.4 Å². The first-order chi connectivity index (χ1) is 11.1. The van der Waals surface area contributed by atoms with Gasteiger partial charge in [0.05, 0.1) is 30.9 Å². The van der Waals surface area contributed by atoms with Crippen LogP contribution in [0.25, 0.3) is 0 Å². The van der Waals surface area contributed by atoms with Crippen LogP contribution in [0.15, 0.2) is 12.1 Å². The first-order valence-corrected chi connectivity index (χ1v) is 8.23. The third kappa shape index (κ3) is 3.88. The Bertz CT molecular complexity index is 581. The molecule has 2 N–H and O–H groups in total. The maximum Gasteiger partial charge on any atom is 0.240 e. The molecule has 0 spiro atoms. The van der Waals surface area contributed by atoms with E-state index in [1.54, 1.807) is 6.07 Å². The number of morpholine rings is 1. The second-order valence-electron chi connectivity index (χ2n) is 5.68. The monoisotopic (exact) mass is 340 g/mol. The Morgan fingerprint density at radius 3 is 3.00 bits per heavy atom. The fraction of sp³-hybridized carbons (Fsp3) is 0.562. The highest BCUT2D eigenvalue weighted by Crippen LogP contribution is 2.37. The van der Waals surface area contributed by atoms with Crippen LogP contribution in [-0.4, -0.2) is 44.4 Å². The van der Waals surface area contributed by atoms with E-state index < -0.39 is 0 Å². The van der Waals surface area contributed by atoms with Gasteiger partial charge in [-0.2, -0.15) is 0 Å². The molecule has 0 unspecified atom stereocenters. The highest BCUT2D eigenvalue weighted by Gasteiger charge is 2.28. The van der Waals surface area contributed by atoms with E-state index >= 15 is 0 Å². The Hall–Kier alpha value is -1.50. The molecule has 0 bridgehead atoms. The number of halogens is 1. The van der Waals surface area contributed by atoms with E-state index in [2.05, 4.69) is 10.6 Å². The van der Waals surface area contributed by atoms with Crippen LogP contribution in [0.4, 0.5) is 0 Å². The van der Waals surface area contributed by atoms with Crippen molar-refractivity contribution in [2.24, 2.45) is 0 Å². The molecule has 126 valence electrons. The molecule has 0 aromatic heterocycles. The average Bonchev–Trinajstić information content (AvgIpc) is 2.79. The highest BCUT2D eigenvalue weighted by atomic mass is 35.5. The molecule has 0 radical (unpaired) electrons. The molecule has 1 saturated heterocycles. The number of amides is 1. The lowest BCUT2D eigenvalue weighted by Crippen LogP contribution is -2.55. The van der Waals surface area contributed by atoms with Gasteiger partial charge in [-0.1, -0.05) is 11.6 Å². The minimum Gasteiger partial charge on any atom is -0.489 e. The van der Waals surface area contributed by atoms with E-state index in [1.807, 2.05) is 13.0 Å². The van der Waals surface area contributed by atoms with Gasteiger partial charge in [-0.25, -0.2) is 0 Å². The van der Waals surface area contributed by atoms with Crippen molar-refractivity contribution >= 4 is 17.5 Å². The zero-order valence-corrected chi connectivity index (χ0v) is 13.8. The van der Waals surface area contributed by atoms with E-state index in [9.17, 15) is 4.79 Å². The van der Waals surface area contributed by atoms with Crippen molar-refractivity contribution in [2.45, 2.75) is 32.0 Å². The number of hydrogen-bond donors (Lipinski definition) is 2. The molecule has 2 aliphatic rings. The van der Waals surface area contributed by atoms with Crippen molar-refractivity contribution in [1.82, 2.24) is 10.6 Å². The van der Waals surface area contributed by atoms with E-state index in [0.717, 1.165) is 12.0 Å². The van der Waals surface area contributed by atoms with Gasteiger partial charge in [0.25, 0.3) is 0 Å². The van der Waals surface area contributed by atoms with Crippen molar-refractivity contribution < 1.29 is 19.0 Å². The number of nitrogens with one attached hydrogen (secondary N) is 2. The van der Waals surface area contributed by atoms with Gasteiger partial charge in [-0.15, -0.1) is 0 Å². The van der Waals surface area contributed by atoms with E-state index in [1.165, 1.54) is 0 Å². The molecular formula is C16H21ClN2O4. The van der Waals surface area contributed by atoms with Gasteiger partial charge in [0.2, 0.25) is 5.91 Å². The normalized spacial score (nSPS) is 23.9. The zero-order chi connectivity index (χ0) is 16.2. The molecule has 2 aliphatic heterocycles. The van der Waals surface area contributed by atoms with Crippen molar-refractivity contribution in [3.8, 4) is 11.5 Å². The second kappa shape index (κ2) is 7.38. The lowest BCUT2D eigenvalue weighted by molar-refractivity contribution is -0.129. The molecule has 2 heterocycles. The third-order valence-electron chi connectivity index (χ3n) is 3.93. The minimum absolute atomic E-state index is 0.0829. The molecule has 7 heteroatoms. The van der Waals surface area contributed by atoms with Crippen LogP contribution in [0, 0.1) is 0 Å². The average molecular weight is 341 g/mol. The molecule has 0 aliphatic carbocycles. The number of hydrogen-bond acceptors (Lipinski definition) is 5. The fourth-order valence-corrected chi connectivity index (χ4v) is 3.00. The Morgan fingerprint density at radius 2 is 2.17 bits per heavy atom. The highest BCUT2D eigenvalue weighted by molar-refractivity contribution is 6.32. The maximum atomic E-state index is 12.3. The van der Waals surface area contributed by atoms with Gasteiger partial charge in [0, 0.05) is 19.5 Å². The molecule has 1 aromatic carbocycles. The van der Waals surface area contributed by atoms with Gasteiger partial charge in [-0.05, 0) is 24.6 Å². The van der Waals surface area contributed by atoms with Crippen molar-refractivity contribution in [1.29, 1.82) is 0 Å². The third-order valence-corrected chi connectivity index (χ3v) is 4.21. The summed E-state index contributed by atoms with van der Waals surface area (Å²) in [6.07, 6.45) is 0.679. The van der Waals surface area contributed by atoms with Gasteiger partial charge in [0.15, 0.2) is 11.5 Å². The Morgan fingerprint density at radius 1 is 1.35 bits per heavy atom. The van der Waals surface area contributed by atoms with Crippen LogP contribution < -0.4 is 20.1 Å². The lowest BCUT2D eigenvalue weighted by atomic mass is 10.1. The Labute approximate surface area is 140 Å². The molecule has 6 nitrogen and oxygen atoms in total. The van der Waals surface area contributed by atoms with Crippen LogP contribution >= 0.6 is 11.6 Å². The number of carbonyl (C=O) groups is 1. The van der Waals surface area contributed by atoms with Crippen LogP contribution in [-0.2, 0) is 16.1 Å². The standard InChI is InChI=1S/C16H21ClN2O4/c1-10-14(18-3-6-21-10)16(20)19-9-11-7-12(17)15-13(8-11)22-4-2-5-23-15/h7-8,10,14,18H,2-6,9H2,1H3,(H,19,20)/t10-,14+/m1/s1. The molecule has 0 saturated carbocycles. The zero-order valence-electron chi connectivity index (χ0n) is 13.1. The van der Waals surface area contributed by atoms with Crippen LogP contribution in [0.2, 0.25) is 5.02 Å². The fourth-order valence-electron chi connectivity index (χ4n) is 2.71. The summed E-state index contributed by atoms with van der Waals surface area (Å²) in [6, 6.07) is 3.32. The summed E-state index contributed by atoms with van der Waals surface area (Å²) in [6.45, 7) is 4.76. The lowest BCUT2D eigenvalue weighted by Gasteiger charge is -2.29. The summed E-state index contributed by atoms with van der Waals surface area (Å²) in [5.74, 6) is 1.13. The molecule has 1 amide bonds. The Balaban J connectivity index is 1.65. The topological polar surface area (TPSA) is 68.8 Å². The number of rotatable bonds is 3. The van der Waals surface area contributed by atoms with Crippen molar-refractivity contribution in [3.63, 3.8) is 0 Å². The van der Waals surface area contributed by atoms with Crippen molar-refractivity contribution in [3.05, 3.63) is 22.7 Å². The first kappa shape index (κ1) is 16.4. The summed E-state index contributed by atoms with van der Waals surface area (Å²) in [4.78, 5) is 12.3. The molecule has 1 fully saturated rings. The van der Waals surface area contributed by atoms with E-state index in [-0.39, 0.29) is 18.1 Å². The van der Waals surface area contributed by atoms with Crippen molar-refractivity contribution in [2.75, 3.05) is 26.4 Å². The number of benzene rings is 1. The molecule has 1 aromatic rings. The van der Waals surface area contributed by atoms with Gasteiger partial charge >= 0.3 is 0 Å². The molecule has 2 atom stereocenters. The molecular weight excluding hydrogens is 320 g/mol. The van der Waals surface area contributed by atoms with Gasteiger partial charge in [0.1, 0.15) is 6.04 Å². The van der Waals surface area contributed by atoms with Gasteiger partial charge in [-0.3, -0.25) is 4.79 Å². The maximum absolute atomic E-state index is 12.3. The number of fused-ring (bicyclic) bond motifs is 1. The van der Waals surface area contributed by atoms with Gasteiger partial charge < -0.3 is 24.8 Å². The number of carbonyl (C=O) groups excluding carboxylic acids is 1. The Kier molecular flexibility index (Phi) is 5.25. The summed E-state index contributed by atoms with van der Waals surface area (Å²) >= 11 is 6.26. The largest absolute Gasteiger partial charge is 0.489 e. The smallest absolute Gasteiger partial charge is 0.240 e. The summed E-state index contributed by atoms with van der Waals surface area (Å²) in [7, 11) is 0. The molecule has 23 heavy (non-hydrogen) atoms. The molecule has 3 rings (SSSR count). The first-order valence-electron chi connectivity index (χ1n) is 7.86. The quantitative estimate of drug-likeness (QED) is 0.872.